The summed E-state index contributed by atoms with van der Waals surface area (Å²) in [5.74, 6) is 0.756. The molecule has 204 valence electrons. The summed E-state index contributed by atoms with van der Waals surface area (Å²) in [6, 6.07) is 23.2. The average molecular weight is 517 g/mol. The van der Waals surface area contributed by atoms with Crippen LogP contribution in [-0.4, -0.2) is 0 Å². The molecule has 0 nitrogen and oxygen atoms in total. The van der Waals surface area contributed by atoms with Gasteiger partial charge in [0.2, 0.25) is 0 Å². The zero-order valence-electron chi connectivity index (χ0n) is 24.1. The zero-order chi connectivity index (χ0) is 26.3. The first-order valence-electron chi connectivity index (χ1n) is 16.3. The molecule has 0 heterocycles. The maximum atomic E-state index is 2.73. The van der Waals surface area contributed by atoms with Crippen LogP contribution < -0.4 is 0 Å². The van der Waals surface area contributed by atoms with Gasteiger partial charge >= 0.3 is 0 Å². The SMILES string of the molecule is C1=C2CCCCCCCCCCC2=CC1C(c1ccccc1)(c1ccccc1)C1C=C2CCCCCCC2=C1. The van der Waals surface area contributed by atoms with E-state index in [0.717, 1.165) is 0 Å². The van der Waals surface area contributed by atoms with Crippen molar-refractivity contribution in [2.24, 2.45) is 11.8 Å². The van der Waals surface area contributed by atoms with Crippen LogP contribution in [0, 0.1) is 11.8 Å². The van der Waals surface area contributed by atoms with Gasteiger partial charge in [0.15, 0.2) is 0 Å². The first kappa shape index (κ1) is 26.6. The van der Waals surface area contributed by atoms with Gasteiger partial charge in [-0.1, -0.05) is 136 Å². The van der Waals surface area contributed by atoms with Crippen LogP contribution in [0.1, 0.15) is 114 Å². The van der Waals surface area contributed by atoms with E-state index < -0.39 is 0 Å². The Morgan fingerprint density at radius 3 is 0.949 bits per heavy atom. The van der Waals surface area contributed by atoms with Crippen molar-refractivity contribution in [2.75, 3.05) is 0 Å². The van der Waals surface area contributed by atoms with Crippen molar-refractivity contribution in [1.82, 2.24) is 0 Å². The second-order valence-corrected chi connectivity index (χ2v) is 12.7. The second kappa shape index (κ2) is 12.7. The van der Waals surface area contributed by atoms with E-state index in [1.807, 2.05) is 0 Å². The van der Waals surface area contributed by atoms with Gasteiger partial charge in [-0.2, -0.15) is 0 Å². The van der Waals surface area contributed by atoms with E-state index in [2.05, 4.69) is 85.0 Å². The lowest BCUT2D eigenvalue weighted by atomic mass is 9.59. The Labute approximate surface area is 238 Å². The van der Waals surface area contributed by atoms with Crippen molar-refractivity contribution in [3.63, 3.8) is 0 Å². The van der Waals surface area contributed by atoms with E-state index in [0.29, 0.717) is 11.8 Å². The van der Waals surface area contributed by atoms with Crippen LogP contribution in [0.5, 0.6) is 0 Å². The van der Waals surface area contributed by atoms with Crippen LogP contribution in [0.3, 0.4) is 0 Å². The van der Waals surface area contributed by atoms with E-state index in [1.165, 1.54) is 114 Å². The van der Waals surface area contributed by atoms with Crippen LogP contribution in [0.15, 0.2) is 107 Å². The minimum atomic E-state index is -0.121. The quantitative estimate of drug-likeness (QED) is 0.379. The van der Waals surface area contributed by atoms with E-state index >= 15 is 0 Å². The maximum Gasteiger partial charge on any atom is 0.0397 e. The van der Waals surface area contributed by atoms with Gasteiger partial charge in [0, 0.05) is 17.3 Å². The molecule has 0 saturated heterocycles. The summed E-state index contributed by atoms with van der Waals surface area (Å²) in [5, 5.41) is 0. The highest BCUT2D eigenvalue weighted by atomic mass is 14.5. The van der Waals surface area contributed by atoms with E-state index in [9.17, 15) is 0 Å². The molecule has 6 rings (SSSR count). The van der Waals surface area contributed by atoms with Gasteiger partial charge in [0.05, 0.1) is 0 Å². The Hall–Kier alpha value is -2.60. The molecule has 2 aromatic rings. The molecule has 0 amide bonds. The predicted octanol–water partition coefficient (Wildman–Crippen LogP) is 11.2. The van der Waals surface area contributed by atoms with E-state index in [-0.39, 0.29) is 5.41 Å². The minimum Gasteiger partial charge on any atom is -0.0729 e. The van der Waals surface area contributed by atoms with Gasteiger partial charge in [-0.25, -0.2) is 0 Å². The fraction of sp³-hybridized carbons (Fsp3) is 0.487. The van der Waals surface area contributed by atoms with Gasteiger partial charge in [-0.3, -0.25) is 0 Å². The Bertz CT molecular complexity index is 1110. The lowest BCUT2D eigenvalue weighted by Crippen LogP contribution is -2.40. The molecule has 39 heavy (non-hydrogen) atoms. The van der Waals surface area contributed by atoms with Crippen molar-refractivity contribution >= 4 is 0 Å². The van der Waals surface area contributed by atoms with Crippen LogP contribution in [0.25, 0.3) is 0 Å². The summed E-state index contributed by atoms with van der Waals surface area (Å²) < 4.78 is 0. The Balaban J connectivity index is 1.49. The molecule has 0 aromatic heterocycles. The first-order chi connectivity index (χ1) is 19.4. The highest BCUT2D eigenvalue weighted by molar-refractivity contribution is 5.55. The molecule has 0 radical (unpaired) electrons. The number of fused-ring (bicyclic) bond motifs is 2. The maximum absolute atomic E-state index is 2.73. The Kier molecular flexibility index (Phi) is 8.68. The van der Waals surface area contributed by atoms with Gasteiger partial charge in [0.1, 0.15) is 0 Å². The number of rotatable bonds is 4. The monoisotopic (exact) mass is 516 g/mol. The predicted molar refractivity (Wildman–Crippen MR) is 167 cm³/mol. The van der Waals surface area contributed by atoms with Gasteiger partial charge in [-0.15, -0.1) is 0 Å². The standard InChI is InChI=1S/C39H48/c1-2-4-6-12-20-32-28-37(27-31(32)19-11-5-3-1)39(35-23-15-9-16-24-35,36-25-17-10-18-26-36)38-29-33-21-13-7-8-14-22-34(33)30-38/h9-10,15-18,23-30,37-38H,1-8,11-14,19-22H2. The number of benzene rings is 2. The largest absolute Gasteiger partial charge is 0.0729 e. The fourth-order valence-electron chi connectivity index (χ4n) is 8.16. The Morgan fingerprint density at radius 2 is 0.641 bits per heavy atom. The summed E-state index contributed by atoms with van der Waals surface area (Å²) in [7, 11) is 0. The van der Waals surface area contributed by atoms with Crippen molar-refractivity contribution in [2.45, 2.75) is 108 Å². The smallest absolute Gasteiger partial charge is 0.0397 e. The molecule has 0 atom stereocenters. The zero-order valence-corrected chi connectivity index (χ0v) is 24.1. The van der Waals surface area contributed by atoms with Crippen molar-refractivity contribution in [1.29, 1.82) is 0 Å². The molecule has 4 aliphatic rings. The number of hydrogen-bond donors (Lipinski definition) is 0. The molecular formula is C39H48. The number of allylic oxidation sites excluding steroid dienone is 8. The molecule has 0 N–H and O–H groups in total. The minimum absolute atomic E-state index is 0.121. The highest BCUT2D eigenvalue weighted by Crippen LogP contribution is 2.54. The summed E-state index contributed by atoms with van der Waals surface area (Å²) >= 11 is 0. The van der Waals surface area contributed by atoms with Crippen molar-refractivity contribution < 1.29 is 0 Å². The summed E-state index contributed by atoms with van der Waals surface area (Å²) in [6.45, 7) is 0. The molecule has 0 aliphatic heterocycles. The topological polar surface area (TPSA) is 0 Å². The molecule has 4 aliphatic carbocycles. The molecule has 0 unspecified atom stereocenters. The average Bonchev–Trinajstić information content (AvgIpc) is 3.54. The fourth-order valence-corrected chi connectivity index (χ4v) is 8.16. The van der Waals surface area contributed by atoms with Crippen LogP contribution >= 0.6 is 0 Å². The third kappa shape index (κ3) is 5.68. The van der Waals surface area contributed by atoms with Gasteiger partial charge < -0.3 is 0 Å². The van der Waals surface area contributed by atoms with Crippen LogP contribution in [0.4, 0.5) is 0 Å². The number of hydrogen-bond acceptors (Lipinski definition) is 0. The molecule has 2 saturated carbocycles. The molecule has 2 fully saturated rings. The molecular weight excluding hydrogens is 468 g/mol. The molecule has 0 spiro atoms. The summed E-state index contributed by atoms with van der Waals surface area (Å²) in [5.41, 5.74) is 9.47. The first-order valence-corrected chi connectivity index (χ1v) is 16.3. The van der Waals surface area contributed by atoms with Crippen LogP contribution in [0.2, 0.25) is 0 Å². The molecule has 0 bridgehead atoms. The third-order valence-electron chi connectivity index (χ3n) is 10.2. The Morgan fingerprint density at radius 1 is 0.359 bits per heavy atom. The normalized spacial score (nSPS) is 22.2. The van der Waals surface area contributed by atoms with Crippen molar-refractivity contribution in [3.05, 3.63) is 118 Å². The van der Waals surface area contributed by atoms with Gasteiger partial charge in [-0.05, 0) is 84.8 Å². The summed E-state index contributed by atoms with van der Waals surface area (Å²) in [6.07, 6.45) is 32.5. The van der Waals surface area contributed by atoms with E-state index in [4.69, 9.17) is 0 Å². The lowest BCUT2D eigenvalue weighted by molar-refractivity contribution is 0.378. The van der Waals surface area contributed by atoms with Crippen molar-refractivity contribution in [3.8, 4) is 0 Å². The lowest BCUT2D eigenvalue weighted by Gasteiger charge is -2.43. The van der Waals surface area contributed by atoms with Crippen LogP contribution in [-0.2, 0) is 5.41 Å². The van der Waals surface area contributed by atoms with E-state index in [1.54, 1.807) is 22.3 Å². The second-order valence-electron chi connectivity index (χ2n) is 12.7. The third-order valence-corrected chi connectivity index (χ3v) is 10.2. The highest BCUT2D eigenvalue weighted by Gasteiger charge is 2.48. The molecule has 2 aromatic carbocycles. The van der Waals surface area contributed by atoms with Gasteiger partial charge in [0.25, 0.3) is 0 Å². The summed E-state index contributed by atoms with van der Waals surface area (Å²) in [4.78, 5) is 0. The molecule has 0 heteroatoms.